The number of benzene rings is 1. The molecule has 3 heteroatoms. The lowest BCUT2D eigenvalue weighted by molar-refractivity contribution is 0.346. The van der Waals surface area contributed by atoms with Crippen molar-refractivity contribution in [3.05, 3.63) is 32.4 Å². The minimum absolute atomic E-state index is 0.421. The van der Waals surface area contributed by atoms with E-state index in [1.165, 1.54) is 18.4 Å². The molecule has 0 saturated carbocycles. The Bertz CT molecular complexity index is 350. The van der Waals surface area contributed by atoms with Crippen LogP contribution >= 0.6 is 34.2 Å². The van der Waals surface area contributed by atoms with Crippen molar-refractivity contribution < 1.29 is 0 Å². The molecular weight excluding hydrogens is 345 g/mol. The summed E-state index contributed by atoms with van der Waals surface area (Å²) in [6.45, 7) is 7.66. The Morgan fingerprint density at radius 1 is 1.24 bits per heavy atom. The molecule has 0 aliphatic heterocycles. The Kier molecular flexibility index (Phi) is 6.82. The molecule has 0 spiro atoms. The molecule has 0 saturated heterocycles. The van der Waals surface area contributed by atoms with E-state index >= 15 is 0 Å². The topological polar surface area (TPSA) is 12.0 Å². The Morgan fingerprint density at radius 2 is 1.88 bits per heavy atom. The zero-order valence-electron chi connectivity index (χ0n) is 10.8. The van der Waals surface area contributed by atoms with Gasteiger partial charge in [-0.05, 0) is 52.7 Å². The van der Waals surface area contributed by atoms with Crippen LogP contribution in [-0.2, 0) is 0 Å². The molecule has 1 nitrogen and oxygen atoms in total. The van der Waals surface area contributed by atoms with E-state index in [-0.39, 0.29) is 0 Å². The highest BCUT2D eigenvalue weighted by Gasteiger charge is 2.19. The van der Waals surface area contributed by atoms with Crippen molar-refractivity contribution in [2.24, 2.45) is 5.92 Å². The van der Waals surface area contributed by atoms with Crippen LogP contribution in [-0.4, -0.2) is 6.54 Å². The van der Waals surface area contributed by atoms with Gasteiger partial charge in [-0.25, -0.2) is 0 Å². The molecule has 0 bridgehead atoms. The lowest BCUT2D eigenvalue weighted by Crippen LogP contribution is -2.27. The van der Waals surface area contributed by atoms with E-state index in [0.717, 1.165) is 15.1 Å². The van der Waals surface area contributed by atoms with Gasteiger partial charge in [-0.15, -0.1) is 0 Å². The van der Waals surface area contributed by atoms with E-state index < -0.39 is 0 Å². The van der Waals surface area contributed by atoms with Crippen LogP contribution in [0.3, 0.4) is 0 Å². The summed E-state index contributed by atoms with van der Waals surface area (Å²) in [5, 5.41) is 4.44. The van der Waals surface area contributed by atoms with E-state index in [2.05, 4.69) is 66.9 Å². The third-order valence-corrected chi connectivity index (χ3v) is 4.82. The predicted octanol–water partition coefficient (Wildman–Crippen LogP) is 5.03. The zero-order chi connectivity index (χ0) is 12.8. The zero-order valence-corrected chi connectivity index (χ0v) is 13.7. The molecular formula is C14H21ClIN. The SMILES string of the molecule is CCNC(c1ccc(I)c(Cl)c1)C(CC)CC. The van der Waals surface area contributed by atoms with Gasteiger partial charge in [0, 0.05) is 9.61 Å². The largest absolute Gasteiger partial charge is 0.310 e. The summed E-state index contributed by atoms with van der Waals surface area (Å²) in [6.07, 6.45) is 2.38. The lowest BCUT2D eigenvalue weighted by Gasteiger charge is -2.27. The standard InChI is InChI=1S/C14H21ClIN/c1-4-10(5-2)14(17-6-3)11-7-8-13(16)12(15)9-11/h7-10,14,17H,4-6H2,1-3H3. The molecule has 1 aromatic carbocycles. The van der Waals surface area contributed by atoms with E-state index in [4.69, 9.17) is 11.6 Å². The molecule has 0 amide bonds. The first kappa shape index (κ1) is 15.3. The second kappa shape index (κ2) is 7.59. The van der Waals surface area contributed by atoms with Crippen molar-refractivity contribution in [1.29, 1.82) is 0 Å². The first-order valence-electron chi connectivity index (χ1n) is 6.32. The van der Waals surface area contributed by atoms with Gasteiger partial charge in [0.1, 0.15) is 0 Å². The van der Waals surface area contributed by atoms with Gasteiger partial charge in [0.25, 0.3) is 0 Å². The van der Waals surface area contributed by atoms with Gasteiger partial charge < -0.3 is 5.32 Å². The molecule has 1 unspecified atom stereocenters. The quantitative estimate of drug-likeness (QED) is 0.697. The number of nitrogens with one attached hydrogen (secondary N) is 1. The molecule has 96 valence electrons. The van der Waals surface area contributed by atoms with Crippen LogP contribution < -0.4 is 5.32 Å². The maximum Gasteiger partial charge on any atom is 0.0542 e. The van der Waals surface area contributed by atoms with Crippen molar-refractivity contribution in [3.8, 4) is 0 Å². The van der Waals surface area contributed by atoms with E-state index in [0.29, 0.717) is 12.0 Å². The van der Waals surface area contributed by atoms with Crippen molar-refractivity contribution in [1.82, 2.24) is 5.32 Å². The van der Waals surface area contributed by atoms with Gasteiger partial charge in [0.15, 0.2) is 0 Å². The summed E-state index contributed by atoms with van der Waals surface area (Å²) in [6, 6.07) is 6.82. The maximum absolute atomic E-state index is 6.21. The van der Waals surface area contributed by atoms with Gasteiger partial charge >= 0.3 is 0 Å². The van der Waals surface area contributed by atoms with Crippen LogP contribution in [0.15, 0.2) is 18.2 Å². The first-order valence-corrected chi connectivity index (χ1v) is 7.77. The molecule has 0 aliphatic rings. The maximum atomic E-state index is 6.21. The fraction of sp³-hybridized carbons (Fsp3) is 0.571. The molecule has 1 aromatic rings. The second-order valence-corrected chi connectivity index (χ2v) is 5.85. The van der Waals surface area contributed by atoms with Gasteiger partial charge in [-0.3, -0.25) is 0 Å². The van der Waals surface area contributed by atoms with Crippen molar-refractivity contribution in [2.45, 2.75) is 39.7 Å². The normalized spacial score (nSPS) is 13.1. The highest BCUT2D eigenvalue weighted by atomic mass is 127. The molecule has 0 fully saturated rings. The Labute approximate surface area is 123 Å². The highest BCUT2D eigenvalue weighted by molar-refractivity contribution is 14.1. The first-order chi connectivity index (χ1) is 8.13. The minimum atomic E-state index is 0.421. The molecule has 17 heavy (non-hydrogen) atoms. The van der Waals surface area contributed by atoms with E-state index in [1.54, 1.807) is 0 Å². The van der Waals surface area contributed by atoms with Gasteiger partial charge in [-0.2, -0.15) is 0 Å². The number of hydrogen-bond acceptors (Lipinski definition) is 1. The number of rotatable bonds is 6. The average Bonchev–Trinajstić information content (AvgIpc) is 2.33. The van der Waals surface area contributed by atoms with Gasteiger partial charge in [0.05, 0.1) is 5.02 Å². The fourth-order valence-electron chi connectivity index (χ4n) is 2.24. The van der Waals surface area contributed by atoms with Crippen LogP contribution in [0.4, 0.5) is 0 Å². The fourth-order valence-corrected chi connectivity index (χ4v) is 2.77. The van der Waals surface area contributed by atoms with Crippen LogP contribution in [0.5, 0.6) is 0 Å². The van der Waals surface area contributed by atoms with Crippen molar-refractivity contribution in [3.63, 3.8) is 0 Å². The number of hydrogen-bond donors (Lipinski definition) is 1. The van der Waals surface area contributed by atoms with Crippen molar-refractivity contribution in [2.75, 3.05) is 6.54 Å². The molecule has 0 aliphatic carbocycles. The van der Waals surface area contributed by atoms with Crippen molar-refractivity contribution >= 4 is 34.2 Å². The van der Waals surface area contributed by atoms with Crippen LogP contribution in [0.25, 0.3) is 0 Å². The summed E-state index contributed by atoms with van der Waals surface area (Å²) in [7, 11) is 0. The number of halogens is 2. The average molecular weight is 366 g/mol. The molecule has 1 rings (SSSR count). The summed E-state index contributed by atoms with van der Waals surface area (Å²) in [4.78, 5) is 0. The Hall–Kier alpha value is 0.200. The predicted molar refractivity (Wildman–Crippen MR) is 84.7 cm³/mol. The van der Waals surface area contributed by atoms with E-state index in [9.17, 15) is 0 Å². The molecule has 0 aromatic heterocycles. The second-order valence-electron chi connectivity index (χ2n) is 4.29. The molecule has 0 heterocycles. The third kappa shape index (κ3) is 4.11. The highest BCUT2D eigenvalue weighted by Crippen LogP contribution is 2.30. The van der Waals surface area contributed by atoms with Crippen LogP contribution in [0, 0.1) is 9.49 Å². The minimum Gasteiger partial charge on any atom is -0.310 e. The summed E-state index contributed by atoms with van der Waals surface area (Å²) in [5.41, 5.74) is 1.31. The van der Waals surface area contributed by atoms with Crippen LogP contribution in [0.1, 0.15) is 45.2 Å². The monoisotopic (exact) mass is 365 g/mol. The third-order valence-electron chi connectivity index (χ3n) is 3.25. The van der Waals surface area contributed by atoms with Gasteiger partial charge in [-0.1, -0.05) is 51.3 Å². The Morgan fingerprint density at radius 3 is 2.35 bits per heavy atom. The smallest absolute Gasteiger partial charge is 0.0542 e. The Balaban J connectivity index is 2.99. The summed E-state index contributed by atoms with van der Waals surface area (Å²) < 4.78 is 1.12. The van der Waals surface area contributed by atoms with Gasteiger partial charge in [0.2, 0.25) is 0 Å². The van der Waals surface area contributed by atoms with Crippen LogP contribution in [0.2, 0.25) is 5.02 Å². The molecule has 1 N–H and O–H groups in total. The summed E-state index contributed by atoms with van der Waals surface area (Å²) >= 11 is 8.48. The molecule has 1 atom stereocenters. The van der Waals surface area contributed by atoms with E-state index in [1.807, 2.05) is 0 Å². The lowest BCUT2D eigenvalue weighted by atomic mass is 9.89. The summed E-state index contributed by atoms with van der Waals surface area (Å²) in [5.74, 6) is 0.672. The molecule has 0 radical (unpaired) electrons.